The number of fused-ring (bicyclic) bond motifs is 1. The standard InChI is InChI=1S/C19H20N2O3S/c1-13-5-3-4-6-16(13)19-17-11-21(12-18(17)24-20-19)14-7-9-15(10-8-14)25(2,22)23/h3-10,17-18H,11-12H2,1-2H3. The molecule has 0 aromatic heterocycles. The Balaban J connectivity index is 1.56. The molecule has 25 heavy (non-hydrogen) atoms. The van der Waals surface area contributed by atoms with E-state index in [0.717, 1.165) is 30.1 Å². The molecule has 2 aromatic carbocycles. The van der Waals surface area contributed by atoms with E-state index in [4.69, 9.17) is 4.84 Å². The van der Waals surface area contributed by atoms with E-state index in [1.807, 2.05) is 24.3 Å². The van der Waals surface area contributed by atoms with Gasteiger partial charge in [-0.25, -0.2) is 8.42 Å². The summed E-state index contributed by atoms with van der Waals surface area (Å²) in [5.41, 5.74) is 4.36. The van der Waals surface area contributed by atoms with Crippen molar-refractivity contribution >= 4 is 21.2 Å². The van der Waals surface area contributed by atoms with Crippen LogP contribution in [0.4, 0.5) is 5.69 Å². The summed E-state index contributed by atoms with van der Waals surface area (Å²) in [6, 6.07) is 15.3. The van der Waals surface area contributed by atoms with E-state index in [1.54, 1.807) is 12.1 Å². The molecule has 0 amide bonds. The van der Waals surface area contributed by atoms with Gasteiger partial charge in [0, 0.05) is 24.1 Å². The molecule has 2 aliphatic rings. The van der Waals surface area contributed by atoms with E-state index >= 15 is 0 Å². The van der Waals surface area contributed by atoms with Crippen LogP contribution < -0.4 is 4.90 Å². The van der Waals surface area contributed by atoms with E-state index < -0.39 is 9.84 Å². The maximum Gasteiger partial charge on any atom is 0.175 e. The van der Waals surface area contributed by atoms with Gasteiger partial charge in [-0.2, -0.15) is 0 Å². The van der Waals surface area contributed by atoms with Crippen LogP contribution in [-0.4, -0.2) is 39.6 Å². The summed E-state index contributed by atoms with van der Waals surface area (Å²) in [6.07, 6.45) is 1.27. The summed E-state index contributed by atoms with van der Waals surface area (Å²) < 4.78 is 23.2. The minimum Gasteiger partial charge on any atom is -0.390 e. The smallest absolute Gasteiger partial charge is 0.175 e. The number of hydrogen-bond donors (Lipinski definition) is 0. The minimum absolute atomic E-state index is 0.0455. The Morgan fingerprint density at radius 2 is 1.80 bits per heavy atom. The van der Waals surface area contributed by atoms with Gasteiger partial charge in [0.25, 0.3) is 0 Å². The van der Waals surface area contributed by atoms with Gasteiger partial charge in [-0.3, -0.25) is 0 Å². The highest BCUT2D eigenvalue weighted by Crippen LogP contribution is 2.33. The predicted octanol–water partition coefficient (Wildman–Crippen LogP) is 2.64. The average molecular weight is 356 g/mol. The third-order valence-electron chi connectivity index (χ3n) is 4.95. The quantitative estimate of drug-likeness (QED) is 0.848. The average Bonchev–Trinajstić information content (AvgIpc) is 3.15. The Hall–Kier alpha value is -2.34. The van der Waals surface area contributed by atoms with Gasteiger partial charge < -0.3 is 9.74 Å². The van der Waals surface area contributed by atoms with Crippen molar-refractivity contribution in [3.63, 3.8) is 0 Å². The predicted molar refractivity (Wildman–Crippen MR) is 97.8 cm³/mol. The maximum absolute atomic E-state index is 11.6. The zero-order chi connectivity index (χ0) is 17.6. The van der Waals surface area contributed by atoms with Crippen molar-refractivity contribution in [2.45, 2.75) is 17.9 Å². The van der Waals surface area contributed by atoms with Crippen LogP contribution in [0.1, 0.15) is 11.1 Å². The lowest BCUT2D eigenvalue weighted by Gasteiger charge is -2.19. The molecule has 0 N–H and O–H groups in total. The van der Waals surface area contributed by atoms with Crippen molar-refractivity contribution < 1.29 is 13.3 Å². The molecule has 1 fully saturated rings. The van der Waals surface area contributed by atoms with Crippen LogP contribution in [0.3, 0.4) is 0 Å². The van der Waals surface area contributed by atoms with Gasteiger partial charge in [0.2, 0.25) is 0 Å². The molecule has 1 saturated heterocycles. The van der Waals surface area contributed by atoms with E-state index in [-0.39, 0.29) is 12.0 Å². The van der Waals surface area contributed by atoms with Crippen LogP contribution in [-0.2, 0) is 14.7 Å². The zero-order valence-electron chi connectivity index (χ0n) is 14.2. The second-order valence-corrected chi connectivity index (χ2v) is 8.73. The number of hydrogen-bond acceptors (Lipinski definition) is 5. The molecule has 0 saturated carbocycles. The molecule has 0 aliphatic carbocycles. The number of nitrogens with zero attached hydrogens (tertiary/aromatic N) is 2. The Morgan fingerprint density at radius 3 is 2.48 bits per heavy atom. The third-order valence-corrected chi connectivity index (χ3v) is 6.08. The Labute approximate surface area is 147 Å². The van der Waals surface area contributed by atoms with E-state index in [9.17, 15) is 8.42 Å². The number of rotatable bonds is 3. The summed E-state index contributed by atoms with van der Waals surface area (Å²) >= 11 is 0. The van der Waals surface area contributed by atoms with Crippen molar-refractivity contribution in [2.24, 2.45) is 11.1 Å². The Bertz CT molecular complexity index is 935. The van der Waals surface area contributed by atoms with E-state index in [2.05, 4.69) is 29.1 Å². The first-order valence-corrected chi connectivity index (χ1v) is 10.2. The lowest BCUT2D eigenvalue weighted by Crippen LogP contribution is -2.23. The number of sulfone groups is 1. The van der Waals surface area contributed by atoms with Crippen molar-refractivity contribution in [3.05, 3.63) is 59.7 Å². The maximum atomic E-state index is 11.6. The Kier molecular flexibility index (Phi) is 3.80. The van der Waals surface area contributed by atoms with Gasteiger partial charge in [-0.15, -0.1) is 0 Å². The van der Waals surface area contributed by atoms with Crippen molar-refractivity contribution in [2.75, 3.05) is 24.2 Å². The fourth-order valence-corrected chi connectivity index (χ4v) is 4.19. The van der Waals surface area contributed by atoms with Crippen LogP contribution in [0.5, 0.6) is 0 Å². The largest absolute Gasteiger partial charge is 0.390 e. The first-order valence-electron chi connectivity index (χ1n) is 8.28. The van der Waals surface area contributed by atoms with Crippen LogP contribution in [0, 0.1) is 12.8 Å². The lowest BCUT2D eigenvalue weighted by atomic mass is 9.92. The van der Waals surface area contributed by atoms with Gasteiger partial charge in [0.05, 0.1) is 23.1 Å². The molecule has 2 aliphatic heterocycles. The van der Waals surface area contributed by atoms with Crippen molar-refractivity contribution in [1.82, 2.24) is 0 Å². The number of anilines is 1. The summed E-state index contributed by atoms with van der Waals surface area (Å²) in [7, 11) is -3.17. The topological polar surface area (TPSA) is 59.0 Å². The third kappa shape index (κ3) is 2.91. The normalized spacial score (nSPS) is 22.5. The first-order chi connectivity index (χ1) is 11.9. The van der Waals surface area contributed by atoms with Crippen LogP contribution in [0.2, 0.25) is 0 Å². The molecular formula is C19H20N2O3S. The number of aryl methyl sites for hydroxylation is 1. The second-order valence-electron chi connectivity index (χ2n) is 6.71. The fraction of sp³-hybridized carbons (Fsp3) is 0.316. The zero-order valence-corrected chi connectivity index (χ0v) is 15.0. The van der Waals surface area contributed by atoms with E-state index in [0.29, 0.717) is 4.90 Å². The highest BCUT2D eigenvalue weighted by atomic mass is 32.2. The van der Waals surface area contributed by atoms with Gasteiger partial charge in [0.1, 0.15) is 0 Å². The summed E-state index contributed by atoms with van der Waals surface area (Å²) in [4.78, 5) is 8.25. The molecule has 0 radical (unpaired) electrons. The minimum atomic E-state index is -3.17. The van der Waals surface area contributed by atoms with Gasteiger partial charge in [0.15, 0.2) is 15.9 Å². The summed E-state index contributed by atoms with van der Waals surface area (Å²) in [6.45, 7) is 3.65. The summed E-state index contributed by atoms with van der Waals surface area (Å²) in [5, 5.41) is 4.34. The highest BCUT2D eigenvalue weighted by Gasteiger charge is 2.43. The molecule has 0 bridgehead atoms. The molecular weight excluding hydrogens is 336 g/mol. The van der Waals surface area contributed by atoms with Gasteiger partial charge >= 0.3 is 0 Å². The van der Waals surface area contributed by atoms with Crippen LogP contribution in [0.25, 0.3) is 0 Å². The van der Waals surface area contributed by atoms with Gasteiger partial charge in [-0.05, 0) is 36.8 Å². The van der Waals surface area contributed by atoms with Crippen LogP contribution >= 0.6 is 0 Å². The van der Waals surface area contributed by atoms with Crippen LogP contribution in [0.15, 0.2) is 58.6 Å². The number of oxime groups is 1. The highest BCUT2D eigenvalue weighted by molar-refractivity contribution is 7.90. The monoisotopic (exact) mass is 356 g/mol. The fourth-order valence-electron chi connectivity index (χ4n) is 3.56. The number of benzene rings is 2. The summed E-state index contributed by atoms with van der Waals surface area (Å²) in [5.74, 6) is 0.232. The molecule has 2 unspecified atom stereocenters. The molecule has 0 spiro atoms. The first kappa shape index (κ1) is 16.1. The van der Waals surface area contributed by atoms with Crippen molar-refractivity contribution in [1.29, 1.82) is 0 Å². The second kappa shape index (κ2) is 5.88. The molecule has 2 aromatic rings. The Morgan fingerprint density at radius 1 is 1.08 bits per heavy atom. The molecule has 130 valence electrons. The molecule has 6 heteroatoms. The lowest BCUT2D eigenvalue weighted by molar-refractivity contribution is 0.0854. The van der Waals surface area contributed by atoms with Crippen molar-refractivity contribution in [3.8, 4) is 0 Å². The van der Waals surface area contributed by atoms with Gasteiger partial charge in [-0.1, -0.05) is 29.4 Å². The van der Waals surface area contributed by atoms with E-state index in [1.165, 1.54) is 11.8 Å². The SMILES string of the molecule is Cc1ccccc1C1=NOC2CN(c3ccc(S(C)(=O)=O)cc3)CC12. The molecule has 4 rings (SSSR count). The molecule has 2 atom stereocenters. The molecule has 2 heterocycles. The molecule has 5 nitrogen and oxygen atoms in total.